The number of rotatable bonds is 1. The first kappa shape index (κ1) is 12.0. The highest BCUT2D eigenvalue weighted by molar-refractivity contribution is 5.36. The minimum atomic E-state index is -4.31. The Hall–Kier alpha value is -1.03. The molecule has 0 aliphatic carbocycles. The van der Waals surface area contributed by atoms with E-state index in [0.29, 0.717) is 5.56 Å². The Balaban J connectivity index is 3.30. The van der Waals surface area contributed by atoms with Crippen LogP contribution in [-0.4, -0.2) is 0 Å². The molecule has 1 aromatic carbocycles. The lowest BCUT2D eigenvalue weighted by Gasteiger charge is -2.21. The number of halogens is 3. The van der Waals surface area contributed by atoms with Gasteiger partial charge in [0.25, 0.3) is 0 Å². The largest absolute Gasteiger partial charge is 0.416 e. The molecule has 0 radical (unpaired) electrons. The number of alkyl halides is 3. The van der Waals surface area contributed by atoms with Gasteiger partial charge in [0.1, 0.15) is 0 Å². The molecular formula is C11H14F3N. The van der Waals surface area contributed by atoms with Crippen LogP contribution < -0.4 is 5.73 Å². The minimum Gasteiger partial charge on any atom is -0.322 e. The first-order chi connectivity index (χ1) is 6.62. The molecule has 0 aliphatic rings. The van der Waals surface area contributed by atoms with Gasteiger partial charge in [0, 0.05) is 5.54 Å². The summed E-state index contributed by atoms with van der Waals surface area (Å²) >= 11 is 0. The quantitative estimate of drug-likeness (QED) is 0.768. The van der Waals surface area contributed by atoms with E-state index in [9.17, 15) is 13.2 Å². The third-order valence-corrected chi connectivity index (χ3v) is 2.29. The predicted octanol–water partition coefficient (Wildman–Crippen LogP) is 3.21. The zero-order valence-corrected chi connectivity index (χ0v) is 8.94. The first-order valence-corrected chi connectivity index (χ1v) is 4.59. The van der Waals surface area contributed by atoms with Crippen molar-refractivity contribution in [3.05, 3.63) is 34.9 Å². The Labute approximate surface area is 87.1 Å². The Kier molecular flexibility index (Phi) is 2.83. The van der Waals surface area contributed by atoms with Crippen molar-refractivity contribution in [3.63, 3.8) is 0 Å². The molecule has 2 N–H and O–H groups in total. The fraction of sp³-hybridized carbons (Fsp3) is 0.455. The van der Waals surface area contributed by atoms with E-state index in [1.807, 2.05) is 0 Å². The summed E-state index contributed by atoms with van der Waals surface area (Å²) in [4.78, 5) is 0. The van der Waals surface area contributed by atoms with Crippen LogP contribution in [0.1, 0.15) is 30.5 Å². The van der Waals surface area contributed by atoms with E-state index in [4.69, 9.17) is 5.73 Å². The molecular weight excluding hydrogens is 203 g/mol. The number of aryl methyl sites for hydroxylation is 1. The van der Waals surface area contributed by atoms with E-state index in [1.165, 1.54) is 13.0 Å². The molecule has 0 unspecified atom stereocenters. The number of nitrogens with two attached hydrogens (primary N) is 1. The molecule has 0 spiro atoms. The van der Waals surface area contributed by atoms with Gasteiger partial charge in [-0.3, -0.25) is 0 Å². The van der Waals surface area contributed by atoms with Crippen molar-refractivity contribution in [1.29, 1.82) is 0 Å². The van der Waals surface area contributed by atoms with Gasteiger partial charge in [0.05, 0.1) is 5.56 Å². The maximum Gasteiger partial charge on any atom is 0.416 e. The van der Waals surface area contributed by atoms with Crippen LogP contribution in [0, 0.1) is 6.92 Å². The summed E-state index contributed by atoms with van der Waals surface area (Å²) < 4.78 is 37.7. The van der Waals surface area contributed by atoms with Gasteiger partial charge in [-0.15, -0.1) is 0 Å². The summed E-state index contributed by atoms with van der Waals surface area (Å²) in [5, 5.41) is 0. The van der Waals surface area contributed by atoms with Crippen molar-refractivity contribution in [1.82, 2.24) is 0 Å². The zero-order valence-electron chi connectivity index (χ0n) is 8.94. The Morgan fingerprint density at radius 3 is 2.07 bits per heavy atom. The summed E-state index contributed by atoms with van der Waals surface area (Å²) in [6.07, 6.45) is -4.31. The summed E-state index contributed by atoms with van der Waals surface area (Å²) in [6, 6.07) is 4.20. The highest BCUT2D eigenvalue weighted by Crippen LogP contribution is 2.33. The average Bonchev–Trinajstić information content (AvgIpc) is 2.00. The smallest absolute Gasteiger partial charge is 0.322 e. The fourth-order valence-electron chi connectivity index (χ4n) is 1.33. The van der Waals surface area contributed by atoms with Gasteiger partial charge in [0.15, 0.2) is 0 Å². The first-order valence-electron chi connectivity index (χ1n) is 4.59. The van der Waals surface area contributed by atoms with Gasteiger partial charge in [-0.05, 0) is 38.0 Å². The van der Waals surface area contributed by atoms with Gasteiger partial charge >= 0.3 is 6.18 Å². The highest BCUT2D eigenvalue weighted by atomic mass is 19.4. The van der Waals surface area contributed by atoms with Gasteiger partial charge < -0.3 is 5.73 Å². The van der Waals surface area contributed by atoms with Gasteiger partial charge in [0.2, 0.25) is 0 Å². The van der Waals surface area contributed by atoms with Crippen molar-refractivity contribution >= 4 is 0 Å². The van der Waals surface area contributed by atoms with Crippen LogP contribution in [-0.2, 0) is 11.7 Å². The van der Waals surface area contributed by atoms with Crippen LogP contribution in [0.15, 0.2) is 18.2 Å². The fourth-order valence-corrected chi connectivity index (χ4v) is 1.33. The lowest BCUT2D eigenvalue weighted by Crippen LogP contribution is -2.29. The number of hydrogen-bond donors (Lipinski definition) is 1. The van der Waals surface area contributed by atoms with E-state index >= 15 is 0 Å². The molecule has 1 aromatic rings. The highest BCUT2D eigenvalue weighted by Gasteiger charge is 2.33. The Morgan fingerprint density at radius 1 is 1.13 bits per heavy atom. The maximum absolute atomic E-state index is 12.6. The SMILES string of the molecule is Cc1ccc(C(C)(C)N)cc1C(F)(F)F. The number of benzene rings is 1. The standard InChI is InChI=1S/C11H14F3N/c1-7-4-5-8(10(2,3)15)6-9(7)11(12,13)14/h4-6H,15H2,1-3H3. The molecule has 1 rings (SSSR count). The second-order valence-corrected chi connectivity index (χ2v) is 4.25. The van der Waals surface area contributed by atoms with E-state index in [2.05, 4.69) is 0 Å². The van der Waals surface area contributed by atoms with E-state index in [-0.39, 0.29) is 5.56 Å². The molecule has 0 atom stereocenters. The lowest BCUT2D eigenvalue weighted by atomic mass is 9.92. The van der Waals surface area contributed by atoms with Gasteiger partial charge in [-0.25, -0.2) is 0 Å². The molecule has 0 saturated carbocycles. The van der Waals surface area contributed by atoms with E-state index < -0.39 is 17.3 Å². The summed E-state index contributed by atoms with van der Waals surface area (Å²) in [5.41, 5.74) is 5.09. The normalized spacial score (nSPS) is 13.0. The third-order valence-electron chi connectivity index (χ3n) is 2.29. The van der Waals surface area contributed by atoms with Crippen molar-refractivity contribution in [2.45, 2.75) is 32.5 Å². The molecule has 4 heteroatoms. The second-order valence-electron chi connectivity index (χ2n) is 4.25. The molecule has 0 aromatic heterocycles. The van der Waals surface area contributed by atoms with Crippen LogP contribution in [0.25, 0.3) is 0 Å². The molecule has 0 fully saturated rings. The van der Waals surface area contributed by atoms with Crippen molar-refractivity contribution in [3.8, 4) is 0 Å². The van der Waals surface area contributed by atoms with Crippen molar-refractivity contribution in [2.75, 3.05) is 0 Å². The monoisotopic (exact) mass is 217 g/mol. The molecule has 1 nitrogen and oxygen atoms in total. The van der Waals surface area contributed by atoms with Gasteiger partial charge in [-0.2, -0.15) is 13.2 Å². The summed E-state index contributed by atoms with van der Waals surface area (Å²) in [7, 11) is 0. The zero-order chi connectivity index (χ0) is 11.9. The van der Waals surface area contributed by atoms with Crippen molar-refractivity contribution in [2.24, 2.45) is 5.73 Å². The lowest BCUT2D eigenvalue weighted by molar-refractivity contribution is -0.138. The molecule has 0 saturated heterocycles. The topological polar surface area (TPSA) is 26.0 Å². The average molecular weight is 217 g/mol. The minimum absolute atomic E-state index is 0.218. The predicted molar refractivity (Wildman–Crippen MR) is 53.4 cm³/mol. The van der Waals surface area contributed by atoms with E-state index in [0.717, 1.165) is 6.07 Å². The summed E-state index contributed by atoms with van der Waals surface area (Å²) in [5.74, 6) is 0. The Morgan fingerprint density at radius 2 is 1.67 bits per heavy atom. The summed E-state index contributed by atoms with van der Waals surface area (Å²) in [6.45, 7) is 4.80. The van der Waals surface area contributed by atoms with Crippen LogP contribution in [0.2, 0.25) is 0 Å². The molecule has 0 heterocycles. The molecule has 0 bridgehead atoms. The Bertz CT molecular complexity index is 361. The molecule has 15 heavy (non-hydrogen) atoms. The number of hydrogen-bond acceptors (Lipinski definition) is 1. The molecule has 84 valence electrons. The van der Waals surface area contributed by atoms with Crippen LogP contribution in [0.5, 0.6) is 0 Å². The van der Waals surface area contributed by atoms with Gasteiger partial charge in [-0.1, -0.05) is 12.1 Å². The van der Waals surface area contributed by atoms with Crippen LogP contribution in [0.3, 0.4) is 0 Å². The van der Waals surface area contributed by atoms with E-state index in [1.54, 1.807) is 19.9 Å². The van der Waals surface area contributed by atoms with Crippen LogP contribution >= 0.6 is 0 Å². The second kappa shape index (κ2) is 3.52. The third kappa shape index (κ3) is 2.72. The maximum atomic E-state index is 12.6. The molecule has 0 aliphatic heterocycles. The molecule has 0 amide bonds. The van der Waals surface area contributed by atoms with Crippen molar-refractivity contribution < 1.29 is 13.2 Å². The van der Waals surface area contributed by atoms with Crippen LogP contribution in [0.4, 0.5) is 13.2 Å².